The highest BCUT2D eigenvalue weighted by Gasteiger charge is 2.12. The largest absolute Gasteiger partial charge is 0.496 e. The van der Waals surface area contributed by atoms with Crippen molar-refractivity contribution in [3.05, 3.63) is 53.1 Å². The van der Waals surface area contributed by atoms with E-state index in [1.54, 1.807) is 7.11 Å². The van der Waals surface area contributed by atoms with E-state index in [1.165, 1.54) is 27.8 Å². The Bertz CT molecular complexity index is 768. The Kier molecular flexibility index (Phi) is 7.27. The van der Waals surface area contributed by atoms with Crippen LogP contribution in [-0.2, 0) is 19.3 Å². The fraction of sp³-hybridized carbons (Fsp3) is 0.458. The molecule has 2 aromatic carbocycles. The van der Waals surface area contributed by atoms with E-state index in [9.17, 15) is 0 Å². The number of hydrogen-bond acceptors (Lipinski definition) is 2. The maximum absolute atomic E-state index is 8.86. The van der Waals surface area contributed by atoms with Crippen molar-refractivity contribution in [2.24, 2.45) is 11.8 Å². The van der Waals surface area contributed by atoms with Crippen molar-refractivity contribution in [3.63, 3.8) is 0 Å². The zero-order valence-electron chi connectivity index (χ0n) is 16.8. The summed E-state index contributed by atoms with van der Waals surface area (Å²) < 4.78 is 5.56. The Labute approximate surface area is 158 Å². The number of ether oxygens (including phenoxy) is 1. The summed E-state index contributed by atoms with van der Waals surface area (Å²) in [6.07, 6.45) is 3.45. The van der Waals surface area contributed by atoms with Gasteiger partial charge < -0.3 is 4.74 Å². The Morgan fingerprint density at radius 3 is 2.23 bits per heavy atom. The van der Waals surface area contributed by atoms with E-state index in [2.05, 4.69) is 70.2 Å². The highest BCUT2D eigenvalue weighted by molar-refractivity contribution is 5.70. The second-order valence-corrected chi connectivity index (χ2v) is 7.87. The summed E-state index contributed by atoms with van der Waals surface area (Å²) >= 11 is 0. The third kappa shape index (κ3) is 5.36. The topological polar surface area (TPSA) is 33.0 Å². The van der Waals surface area contributed by atoms with Crippen molar-refractivity contribution in [1.29, 1.82) is 5.26 Å². The van der Waals surface area contributed by atoms with Gasteiger partial charge in [-0.25, -0.2) is 0 Å². The minimum Gasteiger partial charge on any atom is -0.496 e. The van der Waals surface area contributed by atoms with E-state index < -0.39 is 0 Å². The van der Waals surface area contributed by atoms with Gasteiger partial charge in [0.05, 0.1) is 13.2 Å². The van der Waals surface area contributed by atoms with Crippen LogP contribution in [0.2, 0.25) is 0 Å². The smallest absolute Gasteiger partial charge is 0.122 e. The third-order valence-electron chi connectivity index (χ3n) is 4.54. The van der Waals surface area contributed by atoms with Gasteiger partial charge in [-0.2, -0.15) is 5.26 Å². The lowest BCUT2D eigenvalue weighted by molar-refractivity contribution is 0.407. The Morgan fingerprint density at radius 2 is 1.62 bits per heavy atom. The van der Waals surface area contributed by atoms with E-state index >= 15 is 0 Å². The average molecular weight is 350 g/mol. The number of benzene rings is 2. The molecule has 2 aromatic rings. The van der Waals surface area contributed by atoms with Crippen molar-refractivity contribution < 1.29 is 4.74 Å². The van der Waals surface area contributed by atoms with Crippen molar-refractivity contribution in [1.82, 2.24) is 0 Å². The van der Waals surface area contributed by atoms with Gasteiger partial charge in [-0.3, -0.25) is 0 Å². The average Bonchev–Trinajstić information content (AvgIpc) is 2.59. The van der Waals surface area contributed by atoms with E-state index in [1.807, 2.05) is 0 Å². The van der Waals surface area contributed by atoms with Crippen LogP contribution >= 0.6 is 0 Å². The monoisotopic (exact) mass is 349 g/mol. The second-order valence-electron chi connectivity index (χ2n) is 7.87. The molecule has 0 aliphatic rings. The normalized spacial score (nSPS) is 11.0. The fourth-order valence-electron chi connectivity index (χ4n) is 3.44. The molecule has 0 amide bonds. The molecule has 0 fully saturated rings. The van der Waals surface area contributed by atoms with Crippen molar-refractivity contribution in [2.45, 2.75) is 53.4 Å². The lowest BCUT2D eigenvalue weighted by Gasteiger charge is -2.17. The maximum atomic E-state index is 8.86. The summed E-state index contributed by atoms with van der Waals surface area (Å²) in [4.78, 5) is 0. The second kappa shape index (κ2) is 9.43. The summed E-state index contributed by atoms with van der Waals surface area (Å²) in [7, 11) is 1.74. The highest BCUT2D eigenvalue weighted by Crippen LogP contribution is 2.32. The summed E-state index contributed by atoms with van der Waals surface area (Å²) in [5, 5.41) is 8.86. The Balaban J connectivity index is 2.47. The van der Waals surface area contributed by atoms with Crippen molar-refractivity contribution >= 4 is 0 Å². The van der Waals surface area contributed by atoms with Gasteiger partial charge in [0.2, 0.25) is 0 Å². The molecule has 138 valence electrons. The van der Waals surface area contributed by atoms with Crippen LogP contribution in [0.3, 0.4) is 0 Å². The van der Waals surface area contributed by atoms with Gasteiger partial charge in [0.1, 0.15) is 5.75 Å². The fourth-order valence-corrected chi connectivity index (χ4v) is 3.44. The third-order valence-corrected chi connectivity index (χ3v) is 4.54. The summed E-state index contributed by atoms with van der Waals surface area (Å²) in [5.41, 5.74) is 6.44. The van der Waals surface area contributed by atoms with E-state index in [0.29, 0.717) is 18.3 Å². The zero-order valence-corrected chi connectivity index (χ0v) is 16.8. The van der Waals surface area contributed by atoms with E-state index in [0.717, 1.165) is 25.0 Å². The quantitative estimate of drug-likeness (QED) is 0.567. The summed E-state index contributed by atoms with van der Waals surface area (Å²) in [6, 6.07) is 15.5. The van der Waals surface area contributed by atoms with Crippen LogP contribution < -0.4 is 4.74 Å². The molecule has 0 saturated heterocycles. The van der Waals surface area contributed by atoms with Crippen LogP contribution in [0.5, 0.6) is 5.75 Å². The molecule has 26 heavy (non-hydrogen) atoms. The van der Waals surface area contributed by atoms with Crippen LogP contribution in [0.25, 0.3) is 11.1 Å². The first-order chi connectivity index (χ1) is 12.4. The van der Waals surface area contributed by atoms with Crippen LogP contribution in [0.15, 0.2) is 36.4 Å². The first-order valence-electron chi connectivity index (χ1n) is 9.60. The zero-order chi connectivity index (χ0) is 19.1. The molecule has 0 bridgehead atoms. The SMILES string of the molecule is COc1ccc(-c2ccc(CCC#N)cc2CC(C)C)cc1CC(C)C. The Hall–Kier alpha value is -2.27. The maximum Gasteiger partial charge on any atom is 0.122 e. The van der Waals surface area contributed by atoms with Gasteiger partial charge in [-0.15, -0.1) is 0 Å². The minimum atomic E-state index is 0.571. The van der Waals surface area contributed by atoms with Crippen LogP contribution in [-0.4, -0.2) is 7.11 Å². The molecule has 2 heteroatoms. The lowest BCUT2D eigenvalue weighted by atomic mass is 9.89. The molecule has 0 aliphatic carbocycles. The Morgan fingerprint density at radius 1 is 0.923 bits per heavy atom. The van der Waals surface area contributed by atoms with Crippen LogP contribution in [0.4, 0.5) is 0 Å². The van der Waals surface area contributed by atoms with E-state index in [-0.39, 0.29) is 0 Å². The van der Waals surface area contributed by atoms with E-state index in [4.69, 9.17) is 10.00 Å². The molecule has 2 nitrogen and oxygen atoms in total. The van der Waals surface area contributed by atoms with Gasteiger partial charge in [0, 0.05) is 6.42 Å². The number of aryl methyl sites for hydroxylation is 1. The lowest BCUT2D eigenvalue weighted by Crippen LogP contribution is -2.01. The number of nitrogens with zero attached hydrogens (tertiary/aromatic N) is 1. The summed E-state index contributed by atoms with van der Waals surface area (Å²) in [5.74, 6) is 2.15. The van der Waals surface area contributed by atoms with Gasteiger partial charge >= 0.3 is 0 Å². The molecule has 2 rings (SSSR count). The van der Waals surface area contributed by atoms with Crippen LogP contribution in [0.1, 0.15) is 50.8 Å². The number of nitriles is 1. The molecular weight excluding hydrogens is 318 g/mol. The number of rotatable bonds is 8. The molecule has 0 radical (unpaired) electrons. The summed E-state index contributed by atoms with van der Waals surface area (Å²) in [6.45, 7) is 8.98. The predicted molar refractivity (Wildman–Crippen MR) is 109 cm³/mol. The van der Waals surface area contributed by atoms with Crippen molar-refractivity contribution in [3.8, 4) is 22.9 Å². The number of methoxy groups -OCH3 is 1. The van der Waals surface area contributed by atoms with Gasteiger partial charge in [0.15, 0.2) is 0 Å². The first-order valence-corrected chi connectivity index (χ1v) is 9.60. The minimum absolute atomic E-state index is 0.571. The first kappa shape index (κ1) is 20.0. The molecule has 0 spiro atoms. The molecule has 0 aliphatic heterocycles. The molecule has 0 heterocycles. The van der Waals surface area contributed by atoms with Crippen molar-refractivity contribution in [2.75, 3.05) is 7.11 Å². The molecular formula is C24H31NO. The van der Waals surface area contributed by atoms with Crippen LogP contribution in [0, 0.1) is 23.2 Å². The molecule has 0 aromatic heterocycles. The predicted octanol–water partition coefficient (Wildman–Crippen LogP) is 6.22. The molecule has 0 atom stereocenters. The molecule has 0 unspecified atom stereocenters. The van der Waals surface area contributed by atoms with Gasteiger partial charge in [-0.05, 0) is 71.0 Å². The molecule has 0 saturated carbocycles. The van der Waals surface area contributed by atoms with Gasteiger partial charge in [0.25, 0.3) is 0 Å². The van der Waals surface area contributed by atoms with Gasteiger partial charge in [-0.1, -0.05) is 52.0 Å². The standard InChI is InChI=1S/C24H31NO/c1-17(2)13-21-15-19(7-6-12-25)8-10-23(21)20-9-11-24(26-5)22(16-20)14-18(3)4/h8-11,15-18H,6-7,13-14H2,1-5H3. The number of hydrogen-bond donors (Lipinski definition) is 0. The highest BCUT2D eigenvalue weighted by atomic mass is 16.5. The molecule has 0 N–H and O–H groups in total.